The lowest BCUT2D eigenvalue weighted by atomic mass is 10.2. The van der Waals surface area contributed by atoms with Crippen LogP contribution in [-0.2, 0) is 4.79 Å². The number of carbonyl (C=O) groups is 1. The first-order valence-electron chi connectivity index (χ1n) is 5.19. The Kier molecular flexibility index (Phi) is 3.06. The normalized spacial score (nSPS) is 22.9. The van der Waals surface area contributed by atoms with Crippen LogP contribution in [-0.4, -0.2) is 17.7 Å². The van der Waals surface area contributed by atoms with Crippen molar-refractivity contribution in [3.63, 3.8) is 0 Å². The first-order valence-corrected chi connectivity index (χ1v) is 5.57. The number of benzene rings is 1. The molecule has 0 bridgehead atoms. The summed E-state index contributed by atoms with van der Waals surface area (Å²) in [5.41, 5.74) is 0.972. The topological polar surface area (TPSA) is 46.5 Å². The largest absolute Gasteiger partial charge is 0.493 e. The zero-order valence-corrected chi connectivity index (χ0v) is 9.70. The van der Waals surface area contributed by atoms with Gasteiger partial charge in [-0.2, -0.15) is 0 Å². The van der Waals surface area contributed by atoms with E-state index in [4.69, 9.17) is 21.4 Å². The van der Waals surface area contributed by atoms with Crippen molar-refractivity contribution < 1.29 is 14.6 Å². The summed E-state index contributed by atoms with van der Waals surface area (Å²) >= 11 is 5.82. The summed E-state index contributed by atoms with van der Waals surface area (Å²) in [6.07, 6.45) is 0.724. The van der Waals surface area contributed by atoms with Crippen molar-refractivity contribution in [2.24, 2.45) is 11.8 Å². The Morgan fingerprint density at radius 1 is 1.62 bits per heavy atom. The van der Waals surface area contributed by atoms with E-state index in [-0.39, 0.29) is 11.8 Å². The highest BCUT2D eigenvalue weighted by Gasteiger charge is 2.43. The Morgan fingerprint density at radius 3 is 2.94 bits per heavy atom. The third-order valence-corrected chi connectivity index (χ3v) is 3.06. The Bertz CT molecular complexity index is 417. The predicted molar refractivity (Wildman–Crippen MR) is 60.9 cm³/mol. The van der Waals surface area contributed by atoms with E-state index in [1.807, 2.05) is 19.1 Å². The standard InChI is InChI=1S/C12H13ClO3/c1-7-4-9(13)2-3-11(7)16-6-8-5-10(8)12(14)15/h2-4,8,10H,5-6H2,1H3,(H,14,15)/t8-,10+/m0/s1. The van der Waals surface area contributed by atoms with Gasteiger partial charge in [-0.3, -0.25) is 4.79 Å². The fourth-order valence-electron chi connectivity index (χ4n) is 1.71. The quantitative estimate of drug-likeness (QED) is 0.880. The summed E-state index contributed by atoms with van der Waals surface area (Å²) in [6, 6.07) is 5.42. The first-order chi connectivity index (χ1) is 7.58. The van der Waals surface area contributed by atoms with E-state index in [1.54, 1.807) is 6.07 Å². The molecule has 1 aromatic carbocycles. The number of carboxylic acids is 1. The van der Waals surface area contributed by atoms with Crippen molar-refractivity contribution in [2.45, 2.75) is 13.3 Å². The summed E-state index contributed by atoms with van der Waals surface area (Å²) < 4.78 is 5.57. The monoisotopic (exact) mass is 240 g/mol. The Hall–Kier alpha value is -1.22. The number of aryl methyl sites for hydroxylation is 1. The molecule has 1 saturated carbocycles. The van der Waals surface area contributed by atoms with E-state index >= 15 is 0 Å². The maximum absolute atomic E-state index is 10.6. The van der Waals surface area contributed by atoms with Crippen LogP contribution >= 0.6 is 11.6 Å². The minimum absolute atomic E-state index is 0.160. The van der Waals surface area contributed by atoms with Crippen molar-refractivity contribution in [3.05, 3.63) is 28.8 Å². The molecule has 86 valence electrons. The van der Waals surface area contributed by atoms with Gasteiger partial charge < -0.3 is 9.84 Å². The molecule has 1 N–H and O–H groups in total. The van der Waals surface area contributed by atoms with Gasteiger partial charge in [0.2, 0.25) is 0 Å². The molecule has 2 rings (SSSR count). The molecule has 4 heteroatoms. The number of rotatable bonds is 4. The third-order valence-electron chi connectivity index (χ3n) is 2.83. The van der Waals surface area contributed by atoms with E-state index in [0.29, 0.717) is 11.6 Å². The molecular formula is C12H13ClO3. The molecule has 1 fully saturated rings. The lowest BCUT2D eigenvalue weighted by molar-refractivity contribution is -0.138. The number of aliphatic carboxylic acids is 1. The van der Waals surface area contributed by atoms with E-state index in [2.05, 4.69) is 0 Å². The van der Waals surface area contributed by atoms with Crippen LogP contribution in [0.5, 0.6) is 5.75 Å². The van der Waals surface area contributed by atoms with E-state index in [0.717, 1.165) is 17.7 Å². The molecule has 16 heavy (non-hydrogen) atoms. The summed E-state index contributed by atoms with van der Waals surface area (Å²) in [5.74, 6) is 0.00190. The highest BCUT2D eigenvalue weighted by atomic mass is 35.5. The summed E-state index contributed by atoms with van der Waals surface area (Å²) in [5, 5.41) is 9.42. The van der Waals surface area contributed by atoms with Crippen molar-refractivity contribution in [3.8, 4) is 5.75 Å². The molecule has 0 heterocycles. The van der Waals surface area contributed by atoms with Crippen LogP contribution in [0.2, 0.25) is 5.02 Å². The molecule has 2 atom stereocenters. The van der Waals surface area contributed by atoms with Crippen LogP contribution < -0.4 is 4.74 Å². The SMILES string of the molecule is Cc1cc(Cl)ccc1OC[C@@H]1C[C@H]1C(=O)O. The summed E-state index contributed by atoms with van der Waals surface area (Å²) in [6.45, 7) is 2.39. The van der Waals surface area contributed by atoms with Crippen LogP contribution in [0.3, 0.4) is 0 Å². The van der Waals surface area contributed by atoms with Crippen LogP contribution in [0.15, 0.2) is 18.2 Å². The van der Waals surface area contributed by atoms with Crippen LogP contribution in [0.1, 0.15) is 12.0 Å². The zero-order valence-electron chi connectivity index (χ0n) is 8.94. The van der Waals surface area contributed by atoms with Gasteiger partial charge in [-0.05, 0) is 37.1 Å². The molecule has 1 aliphatic carbocycles. The molecule has 0 aromatic heterocycles. The second-order valence-electron chi connectivity index (χ2n) is 4.16. The molecule has 3 nitrogen and oxygen atoms in total. The number of hydrogen-bond acceptors (Lipinski definition) is 2. The lowest BCUT2D eigenvalue weighted by Crippen LogP contribution is -2.06. The van der Waals surface area contributed by atoms with Crippen LogP contribution in [0, 0.1) is 18.8 Å². The fraction of sp³-hybridized carbons (Fsp3) is 0.417. The van der Waals surface area contributed by atoms with Crippen molar-refractivity contribution in [2.75, 3.05) is 6.61 Å². The number of halogens is 1. The van der Waals surface area contributed by atoms with Gasteiger partial charge in [0.1, 0.15) is 5.75 Å². The lowest BCUT2D eigenvalue weighted by Gasteiger charge is -2.08. The Labute approximate surface area is 99.0 Å². The zero-order chi connectivity index (χ0) is 11.7. The number of hydrogen-bond donors (Lipinski definition) is 1. The highest BCUT2D eigenvalue weighted by Crippen LogP contribution is 2.39. The Balaban J connectivity index is 1.89. The van der Waals surface area contributed by atoms with Gasteiger partial charge in [0, 0.05) is 10.9 Å². The van der Waals surface area contributed by atoms with Gasteiger partial charge in [0.05, 0.1) is 12.5 Å². The van der Waals surface area contributed by atoms with Crippen molar-refractivity contribution >= 4 is 17.6 Å². The molecule has 0 amide bonds. The van der Waals surface area contributed by atoms with Gasteiger partial charge in [-0.15, -0.1) is 0 Å². The second kappa shape index (κ2) is 4.34. The first kappa shape index (κ1) is 11.3. The van der Waals surface area contributed by atoms with Crippen LogP contribution in [0.25, 0.3) is 0 Å². The maximum Gasteiger partial charge on any atom is 0.306 e. The fourth-order valence-corrected chi connectivity index (χ4v) is 1.93. The molecule has 1 aliphatic rings. The van der Waals surface area contributed by atoms with Gasteiger partial charge in [0.15, 0.2) is 0 Å². The predicted octanol–water partition coefficient (Wildman–Crippen LogP) is 2.75. The van der Waals surface area contributed by atoms with Gasteiger partial charge in [-0.25, -0.2) is 0 Å². The average Bonchev–Trinajstić information content (AvgIpc) is 2.96. The molecular weight excluding hydrogens is 228 g/mol. The molecule has 0 saturated heterocycles. The summed E-state index contributed by atoms with van der Waals surface area (Å²) in [4.78, 5) is 10.6. The van der Waals surface area contributed by atoms with E-state index in [1.165, 1.54) is 0 Å². The highest BCUT2D eigenvalue weighted by molar-refractivity contribution is 6.30. The Morgan fingerprint density at radius 2 is 2.38 bits per heavy atom. The molecule has 0 radical (unpaired) electrons. The number of carboxylic acid groups (broad SMARTS) is 1. The second-order valence-corrected chi connectivity index (χ2v) is 4.60. The van der Waals surface area contributed by atoms with E-state index < -0.39 is 5.97 Å². The molecule has 0 unspecified atom stereocenters. The minimum Gasteiger partial charge on any atom is -0.493 e. The average molecular weight is 241 g/mol. The molecule has 1 aromatic rings. The van der Waals surface area contributed by atoms with Gasteiger partial charge >= 0.3 is 5.97 Å². The van der Waals surface area contributed by atoms with Crippen LogP contribution in [0.4, 0.5) is 0 Å². The van der Waals surface area contributed by atoms with E-state index in [9.17, 15) is 4.79 Å². The van der Waals surface area contributed by atoms with Crippen molar-refractivity contribution in [1.82, 2.24) is 0 Å². The van der Waals surface area contributed by atoms with Gasteiger partial charge in [-0.1, -0.05) is 11.6 Å². The van der Waals surface area contributed by atoms with Gasteiger partial charge in [0.25, 0.3) is 0 Å². The smallest absolute Gasteiger partial charge is 0.306 e. The number of ether oxygens (including phenoxy) is 1. The maximum atomic E-state index is 10.6. The van der Waals surface area contributed by atoms with Crippen molar-refractivity contribution in [1.29, 1.82) is 0 Å². The molecule has 0 aliphatic heterocycles. The minimum atomic E-state index is -0.721. The third kappa shape index (κ3) is 2.47. The summed E-state index contributed by atoms with van der Waals surface area (Å²) in [7, 11) is 0. The molecule has 0 spiro atoms.